The van der Waals surface area contributed by atoms with Gasteiger partial charge in [0.05, 0.1) is 11.2 Å². The molecular formula is C24H22F2N6O2. The molecule has 1 aliphatic heterocycles. The molecule has 0 bridgehead atoms. The molecule has 1 unspecified atom stereocenters. The normalized spacial score (nSPS) is 15.4. The monoisotopic (exact) mass is 464 g/mol. The average Bonchev–Trinajstić information content (AvgIpc) is 3.41. The van der Waals surface area contributed by atoms with E-state index in [1.165, 1.54) is 12.4 Å². The lowest BCUT2D eigenvalue weighted by molar-refractivity contribution is 0.122. The first-order valence-electron chi connectivity index (χ1n) is 10.7. The van der Waals surface area contributed by atoms with Crippen LogP contribution in [0.5, 0.6) is 0 Å². The number of aryl methyl sites for hydroxylation is 2. The Morgan fingerprint density at radius 1 is 1.12 bits per heavy atom. The summed E-state index contributed by atoms with van der Waals surface area (Å²) in [4.78, 5) is 24.5. The van der Waals surface area contributed by atoms with E-state index < -0.39 is 23.9 Å². The Hall–Kier alpha value is -4.05. The van der Waals surface area contributed by atoms with Crippen molar-refractivity contribution >= 4 is 22.8 Å². The summed E-state index contributed by atoms with van der Waals surface area (Å²) < 4.78 is 30.3. The number of halogens is 2. The Morgan fingerprint density at radius 2 is 1.91 bits per heavy atom. The largest absolute Gasteiger partial charge is 0.427 e. The number of carbonyl (C=O) groups excluding carboxylic acids is 1. The number of hydrogen-bond acceptors (Lipinski definition) is 6. The van der Waals surface area contributed by atoms with Gasteiger partial charge >= 0.3 is 6.09 Å². The summed E-state index contributed by atoms with van der Waals surface area (Å²) in [6, 6.07) is 12.4. The minimum atomic E-state index is -0.845. The highest BCUT2D eigenvalue weighted by Crippen LogP contribution is 2.28. The van der Waals surface area contributed by atoms with Crippen molar-refractivity contribution in [2.24, 2.45) is 0 Å². The number of amides is 1. The highest BCUT2D eigenvalue weighted by molar-refractivity contribution is 5.85. The topological polar surface area (TPSA) is 93.1 Å². The smallest absolute Gasteiger partial charge is 0.368 e. The van der Waals surface area contributed by atoms with Crippen LogP contribution in [0.25, 0.3) is 22.2 Å². The number of hydroxylamine groups is 1. The highest BCUT2D eigenvalue weighted by Gasteiger charge is 2.23. The molecule has 1 atom stereocenters. The van der Waals surface area contributed by atoms with Gasteiger partial charge in [0.15, 0.2) is 11.6 Å². The second-order valence-corrected chi connectivity index (χ2v) is 8.11. The molecule has 0 spiro atoms. The second kappa shape index (κ2) is 8.71. The first-order chi connectivity index (χ1) is 16.4. The fourth-order valence-corrected chi connectivity index (χ4v) is 4.14. The van der Waals surface area contributed by atoms with E-state index in [9.17, 15) is 13.6 Å². The average molecular weight is 464 g/mol. The maximum absolute atomic E-state index is 14.5. The standard InChI is InChI=1S/C24H22F2N6O2/c1-13-9-18(25)21(26)22-17(13)10-14(2)32(22)8-7-27-20-11-19(28-12-29-20)15-3-5-16(6-4-15)23-30-24(33)34-31-23/h3-6,9-12,23,31H,7-8H2,1-2H3,(H,30,33)(H,27,28,29). The summed E-state index contributed by atoms with van der Waals surface area (Å²) in [6.45, 7) is 4.55. The third-order valence-electron chi connectivity index (χ3n) is 5.87. The molecule has 2 aromatic heterocycles. The third-order valence-corrected chi connectivity index (χ3v) is 5.87. The molecule has 3 heterocycles. The van der Waals surface area contributed by atoms with Gasteiger partial charge in [-0.05, 0) is 37.1 Å². The van der Waals surface area contributed by atoms with Crippen LogP contribution >= 0.6 is 0 Å². The first-order valence-corrected chi connectivity index (χ1v) is 10.7. The Morgan fingerprint density at radius 3 is 2.65 bits per heavy atom. The van der Waals surface area contributed by atoms with E-state index in [-0.39, 0.29) is 5.52 Å². The lowest BCUT2D eigenvalue weighted by atomic mass is 10.1. The minimum Gasteiger partial charge on any atom is -0.368 e. The van der Waals surface area contributed by atoms with E-state index in [0.29, 0.717) is 29.9 Å². The van der Waals surface area contributed by atoms with Crippen molar-refractivity contribution < 1.29 is 18.4 Å². The molecule has 0 saturated carbocycles. The van der Waals surface area contributed by atoms with Crippen molar-refractivity contribution in [2.75, 3.05) is 11.9 Å². The molecule has 174 valence electrons. The van der Waals surface area contributed by atoms with Gasteiger partial charge in [0.25, 0.3) is 0 Å². The molecule has 2 aromatic carbocycles. The number of aromatic nitrogens is 3. The number of rotatable bonds is 6. The second-order valence-electron chi connectivity index (χ2n) is 8.11. The van der Waals surface area contributed by atoms with Crippen LogP contribution < -0.4 is 16.1 Å². The molecule has 1 aliphatic rings. The van der Waals surface area contributed by atoms with Crippen LogP contribution in [0.4, 0.5) is 19.4 Å². The van der Waals surface area contributed by atoms with Gasteiger partial charge in [-0.2, -0.15) is 0 Å². The maximum Gasteiger partial charge on any atom is 0.427 e. The number of nitrogens with zero attached hydrogens (tertiary/aromatic N) is 3. The minimum absolute atomic E-state index is 0.276. The van der Waals surface area contributed by atoms with Gasteiger partial charge in [-0.25, -0.2) is 23.5 Å². The Kier molecular flexibility index (Phi) is 5.58. The summed E-state index contributed by atoms with van der Waals surface area (Å²) in [7, 11) is 0. The molecule has 1 fully saturated rings. The number of hydrogen-bond donors (Lipinski definition) is 3. The number of carbonyl (C=O) groups is 1. The predicted octanol–water partition coefficient (Wildman–Crippen LogP) is 4.35. The van der Waals surface area contributed by atoms with Gasteiger partial charge in [0, 0.05) is 35.8 Å². The van der Waals surface area contributed by atoms with Crippen molar-refractivity contribution in [3.63, 3.8) is 0 Å². The highest BCUT2D eigenvalue weighted by atomic mass is 19.2. The summed E-state index contributed by atoms with van der Waals surface area (Å²) >= 11 is 0. The molecule has 1 amide bonds. The quantitative estimate of drug-likeness (QED) is 0.393. The number of fused-ring (bicyclic) bond motifs is 1. The van der Waals surface area contributed by atoms with Crippen LogP contribution in [0, 0.1) is 25.5 Å². The molecule has 4 aromatic rings. The lowest BCUT2D eigenvalue weighted by Crippen LogP contribution is -2.21. The van der Waals surface area contributed by atoms with Gasteiger partial charge < -0.3 is 14.7 Å². The number of benzene rings is 2. The van der Waals surface area contributed by atoms with E-state index in [0.717, 1.165) is 22.5 Å². The summed E-state index contributed by atoms with van der Waals surface area (Å²) in [5.74, 6) is -1.06. The molecule has 0 radical (unpaired) electrons. The number of nitrogens with one attached hydrogen (secondary N) is 3. The van der Waals surface area contributed by atoms with Crippen molar-refractivity contribution in [1.82, 2.24) is 25.3 Å². The maximum atomic E-state index is 14.5. The van der Waals surface area contributed by atoms with Gasteiger partial charge in [-0.1, -0.05) is 24.3 Å². The van der Waals surface area contributed by atoms with Crippen LogP contribution in [-0.2, 0) is 11.4 Å². The fraction of sp³-hybridized carbons (Fsp3) is 0.208. The Labute approximate surface area is 193 Å². The van der Waals surface area contributed by atoms with Gasteiger partial charge in [0.1, 0.15) is 18.3 Å². The molecule has 3 N–H and O–H groups in total. The van der Waals surface area contributed by atoms with Crippen LogP contribution in [-0.4, -0.2) is 27.2 Å². The number of anilines is 1. The van der Waals surface area contributed by atoms with Crippen molar-refractivity contribution in [3.8, 4) is 11.3 Å². The fourth-order valence-electron chi connectivity index (χ4n) is 4.14. The molecule has 1 saturated heterocycles. The third kappa shape index (κ3) is 4.03. The van der Waals surface area contributed by atoms with E-state index in [1.807, 2.05) is 43.3 Å². The van der Waals surface area contributed by atoms with Crippen LogP contribution in [0.15, 0.2) is 48.8 Å². The van der Waals surface area contributed by atoms with E-state index >= 15 is 0 Å². The molecular weight excluding hydrogens is 442 g/mol. The molecule has 8 nitrogen and oxygen atoms in total. The van der Waals surface area contributed by atoms with E-state index in [1.54, 1.807) is 11.5 Å². The van der Waals surface area contributed by atoms with Crippen LogP contribution in [0.3, 0.4) is 0 Å². The molecule has 10 heteroatoms. The SMILES string of the molecule is Cc1cc(F)c(F)c2c1cc(C)n2CCNc1cc(-c2ccc(C3NOC(=O)N3)cc2)ncn1. The summed E-state index contributed by atoms with van der Waals surface area (Å²) in [5.41, 5.74) is 6.87. The molecule has 5 rings (SSSR count). The van der Waals surface area contributed by atoms with Crippen molar-refractivity contribution in [1.29, 1.82) is 0 Å². The molecule has 34 heavy (non-hydrogen) atoms. The van der Waals surface area contributed by atoms with Crippen molar-refractivity contribution in [3.05, 3.63) is 77.2 Å². The predicted molar refractivity (Wildman–Crippen MR) is 123 cm³/mol. The zero-order chi connectivity index (χ0) is 23.8. The first kappa shape index (κ1) is 21.8. The lowest BCUT2D eigenvalue weighted by Gasteiger charge is -2.12. The van der Waals surface area contributed by atoms with Gasteiger partial charge in [-0.3, -0.25) is 5.32 Å². The zero-order valence-electron chi connectivity index (χ0n) is 18.5. The van der Waals surface area contributed by atoms with Crippen LogP contribution in [0.1, 0.15) is 23.0 Å². The zero-order valence-corrected chi connectivity index (χ0v) is 18.5. The van der Waals surface area contributed by atoms with Gasteiger partial charge in [0.2, 0.25) is 0 Å². The van der Waals surface area contributed by atoms with Crippen molar-refractivity contribution in [2.45, 2.75) is 26.6 Å². The Balaban J connectivity index is 1.29. The summed E-state index contributed by atoms with van der Waals surface area (Å²) in [6.07, 6.45) is 0.540. The van der Waals surface area contributed by atoms with E-state index in [2.05, 4.69) is 26.1 Å². The van der Waals surface area contributed by atoms with Crippen LogP contribution in [0.2, 0.25) is 0 Å². The Bertz CT molecular complexity index is 1390. The van der Waals surface area contributed by atoms with Gasteiger partial charge in [-0.15, -0.1) is 5.48 Å². The summed E-state index contributed by atoms with van der Waals surface area (Å²) in [5, 5.41) is 6.59. The molecule has 0 aliphatic carbocycles. The van der Waals surface area contributed by atoms with E-state index in [4.69, 9.17) is 4.84 Å².